The summed E-state index contributed by atoms with van der Waals surface area (Å²) in [7, 11) is 0. The van der Waals surface area contributed by atoms with Gasteiger partial charge in [-0.3, -0.25) is 9.80 Å². The van der Waals surface area contributed by atoms with Crippen LogP contribution in [-0.4, -0.2) is 60.0 Å². The number of nitrogen functional groups attached to an aromatic ring is 1. The fraction of sp³-hybridized carbons (Fsp3) is 0.696. The van der Waals surface area contributed by atoms with Crippen LogP contribution in [-0.2, 0) is 11.3 Å². The van der Waals surface area contributed by atoms with E-state index in [1.807, 2.05) is 6.07 Å². The van der Waals surface area contributed by atoms with E-state index in [2.05, 4.69) is 46.5 Å². The van der Waals surface area contributed by atoms with Gasteiger partial charge >= 0.3 is 5.97 Å². The van der Waals surface area contributed by atoms with Crippen molar-refractivity contribution >= 4 is 39.2 Å². The second-order valence-corrected chi connectivity index (χ2v) is 9.57. The molecule has 1 saturated carbocycles. The van der Waals surface area contributed by atoms with Crippen LogP contribution in [0.2, 0.25) is 0 Å². The second-order valence-electron chi connectivity index (χ2n) is 8.34. The number of carbonyl (C=O) groups excluding carboxylic acids is 1. The summed E-state index contributed by atoms with van der Waals surface area (Å²) in [5.41, 5.74) is 8.57. The number of esters is 1. The Labute approximate surface area is 195 Å². The average molecular weight is 503 g/mol. The largest absolute Gasteiger partial charge is 0.461 e. The van der Waals surface area contributed by atoms with Gasteiger partial charge in [0.05, 0.1) is 11.3 Å². The molecular formula is C23H37BrClN3O2. The van der Waals surface area contributed by atoms with Crippen molar-refractivity contribution in [3.8, 4) is 0 Å². The molecule has 7 heteroatoms. The first-order valence-corrected chi connectivity index (χ1v) is 12.5. The molecule has 0 saturated heterocycles. The smallest absolute Gasteiger partial charge is 0.338 e. The molecule has 1 aromatic rings. The van der Waals surface area contributed by atoms with E-state index >= 15 is 0 Å². The highest BCUT2D eigenvalue weighted by molar-refractivity contribution is 9.10. The molecule has 30 heavy (non-hydrogen) atoms. The van der Waals surface area contributed by atoms with Crippen molar-refractivity contribution < 1.29 is 9.53 Å². The summed E-state index contributed by atoms with van der Waals surface area (Å²) in [4.78, 5) is 17.4. The molecule has 1 aromatic carbocycles. The van der Waals surface area contributed by atoms with Crippen molar-refractivity contribution in [3.63, 3.8) is 0 Å². The molecule has 1 fully saturated rings. The van der Waals surface area contributed by atoms with Crippen LogP contribution in [0.3, 0.4) is 0 Å². The van der Waals surface area contributed by atoms with Gasteiger partial charge in [0.1, 0.15) is 6.61 Å². The first-order chi connectivity index (χ1) is 14.4. The van der Waals surface area contributed by atoms with E-state index in [0.29, 0.717) is 42.4 Å². The summed E-state index contributed by atoms with van der Waals surface area (Å²) in [6.07, 6.45) is 6.41. The highest BCUT2D eigenvalue weighted by Gasteiger charge is 2.22. The van der Waals surface area contributed by atoms with Gasteiger partial charge in [0, 0.05) is 42.1 Å². The lowest BCUT2D eigenvalue weighted by Crippen LogP contribution is -2.36. The summed E-state index contributed by atoms with van der Waals surface area (Å²) in [5, 5.41) is 0. The zero-order chi connectivity index (χ0) is 22.1. The van der Waals surface area contributed by atoms with Crippen LogP contribution in [0.5, 0.6) is 0 Å². The number of hydrogen-bond donors (Lipinski definition) is 1. The van der Waals surface area contributed by atoms with Gasteiger partial charge in [0.25, 0.3) is 0 Å². The van der Waals surface area contributed by atoms with Crippen molar-refractivity contribution in [2.45, 2.75) is 71.5 Å². The number of carbonyl (C=O) groups is 1. The van der Waals surface area contributed by atoms with Crippen LogP contribution < -0.4 is 5.73 Å². The van der Waals surface area contributed by atoms with E-state index in [0.717, 1.165) is 29.7 Å². The van der Waals surface area contributed by atoms with Gasteiger partial charge in [-0.1, -0.05) is 26.2 Å². The SMILES string of the molecule is CCN(Cc1cc(C(=O)OCCN(CCCl)C(C)C)cc(Br)c1N)C1CCCCC1. The van der Waals surface area contributed by atoms with Gasteiger partial charge in [0.2, 0.25) is 0 Å². The van der Waals surface area contributed by atoms with Gasteiger partial charge in [-0.15, -0.1) is 11.6 Å². The molecule has 2 N–H and O–H groups in total. The van der Waals surface area contributed by atoms with Crippen molar-refractivity contribution in [3.05, 3.63) is 27.7 Å². The van der Waals surface area contributed by atoms with E-state index in [4.69, 9.17) is 22.1 Å². The number of ether oxygens (including phenoxy) is 1. The molecule has 1 aliphatic carbocycles. The van der Waals surface area contributed by atoms with Gasteiger partial charge in [0.15, 0.2) is 0 Å². The van der Waals surface area contributed by atoms with Crippen molar-refractivity contribution in [1.29, 1.82) is 0 Å². The summed E-state index contributed by atoms with van der Waals surface area (Å²) < 4.78 is 6.30. The molecule has 0 aromatic heterocycles. The molecule has 0 atom stereocenters. The summed E-state index contributed by atoms with van der Waals surface area (Å²) in [6.45, 7) is 9.94. The Morgan fingerprint density at radius 1 is 1.27 bits per heavy atom. The molecule has 0 radical (unpaired) electrons. The number of rotatable bonds is 11. The number of hydrogen-bond acceptors (Lipinski definition) is 5. The zero-order valence-electron chi connectivity index (χ0n) is 18.6. The normalized spacial score (nSPS) is 15.3. The number of anilines is 1. The van der Waals surface area contributed by atoms with E-state index in [1.54, 1.807) is 6.07 Å². The van der Waals surface area contributed by atoms with Crippen LogP contribution in [0.15, 0.2) is 16.6 Å². The fourth-order valence-electron chi connectivity index (χ4n) is 4.16. The quantitative estimate of drug-likeness (QED) is 0.253. The third kappa shape index (κ3) is 7.40. The Hall–Kier alpha value is -0.820. The average Bonchev–Trinajstić information content (AvgIpc) is 2.74. The third-order valence-electron chi connectivity index (χ3n) is 6.04. The van der Waals surface area contributed by atoms with Gasteiger partial charge in [-0.25, -0.2) is 4.79 Å². The Morgan fingerprint density at radius 3 is 2.57 bits per heavy atom. The maximum atomic E-state index is 12.7. The lowest BCUT2D eigenvalue weighted by atomic mass is 9.93. The molecule has 170 valence electrons. The first kappa shape index (κ1) is 25.4. The minimum atomic E-state index is -0.313. The van der Waals surface area contributed by atoms with E-state index in [1.165, 1.54) is 32.1 Å². The summed E-state index contributed by atoms with van der Waals surface area (Å²) >= 11 is 9.40. The number of nitrogens with zero attached hydrogens (tertiary/aromatic N) is 2. The van der Waals surface area contributed by atoms with E-state index < -0.39 is 0 Å². The molecular weight excluding hydrogens is 466 g/mol. The van der Waals surface area contributed by atoms with E-state index in [-0.39, 0.29) is 5.97 Å². The Kier molecular flexibility index (Phi) is 10.9. The third-order valence-corrected chi connectivity index (χ3v) is 6.86. The van der Waals surface area contributed by atoms with Crippen LogP contribution >= 0.6 is 27.5 Å². The maximum Gasteiger partial charge on any atom is 0.338 e. The first-order valence-electron chi connectivity index (χ1n) is 11.2. The van der Waals surface area contributed by atoms with Crippen LogP contribution in [0.4, 0.5) is 5.69 Å². The zero-order valence-corrected chi connectivity index (χ0v) is 21.0. The number of alkyl halides is 1. The lowest BCUT2D eigenvalue weighted by molar-refractivity contribution is 0.0448. The Bertz CT molecular complexity index is 681. The van der Waals surface area contributed by atoms with Crippen LogP contribution in [0, 0.1) is 0 Å². The molecule has 0 spiro atoms. The predicted molar refractivity (Wildman–Crippen MR) is 129 cm³/mol. The monoisotopic (exact) mass is 501 g/mol. The molecule has 0 unspecified atom stereocenters. The minimum Gasteiger partial charge on any atom is -0.461 e. The summed E-state index contributed by atoms with van der Waals surface area (Å²) in [6, 6.07) is 4.62. The second kappa shape index (κ2) is 12.9. The molecule has 0 bridgehead atoms. The highest BCUT2D eigenvalue weighted by Crippen LogP contribution is 2.30. The number of benzene rings is 1. The lowest BCUT2D eigenvalue weighted by Gasteiger charge is -2.34. The molecule has 0 amide bonds. The number of nitrogens with two attached hydrogens (primary N) is 1. The minimum absolute atomic E-state index is 0.313. The van der Waals surface area contributed by atoms with Gasteiger partial charge in [-0.2, -0.15) is 0 Å². The standard InChI is InChI=1S/C23H37BrClN3O2/c1-4-27(20-8-6-5-7-9-20)16-19-14-18(15-21(24)22(19)26)23(29)30-13-12-28(11-10-25)17(2)3/h14-15,17,20H,4-13,16,26H2,1-3H3. The van der Waals surface area contributed by atoms with Crippen molar-refractivity contribution in [2.75, 3.05) is 37.9 Å². The van der Waals surface area contributed by atoms with Gasteiger partial charge < -0.3 is 10.5 Å². The highest BCUT2D eigenvalue weighted by atomic mass is 79.9. The maximum absolute atomic E-state index is 12.7. The molecule has 2 rings (SSSR count). The number of halogens is 2. The van der Waals surface area contributed by atoms with Crippen LogP contribution in [0.25, 0.3) is 0 Å². The van der Waals surface area contributed by atoms with Crippen molar-refractivity contribution in [2.24, 2.45) is 0 Å². The molecule has 1 aliphatic rings. The van der Waals surface area contributed by atoms with Gasteiger partial charge in [-0.05, 0) is 66.9 Å². The molecule has 0 heterocycles. The van der Waals surface area contributed by atoms with Crippen molar-refractivity contribution in [1.82, 2.24) is 9.80 Å². The fourth-order valence-corrected chi connectivity index (χ4v) is 4.88. The van der Waals surface area contributed by atoms with Crippen LogP contribution in [0.1, 0.15) is 68.8 Å². The van der Waals surface area contributed by atoms with E-state index in [9.17, 15) is 4.79 Å². The summed E-state index contributed by atoms with van der Waals surface area (Å²) in [5.74, 6) is 0.252. The Morgan fingerprint density at radius 2 is 1.97 bits per heavy atom. The topological polar surface area (TPSA) is 58.8 Å². The Balaban J connectivity index is 2.04. The predicted octanol–water partition coefficient (Wildman–Crippen LogP) is 5.29. The molecule has 5 nitrogen and oxygen atoms in total. The molecule has 0 aliphatic heterocycles.